The van der Waals surface area contributed by atoms with E-state index in [4.69, 9.17) is 11.6 Å². The topological polar surface area (TPSA) is 46.5 Å². The molecule has 0 bridgehead atoms. The number of carbonyl (C=O) groups is 1. The van der Waals surface area contributed by atoms with Gasteiger partial charge in [0.25, 0.3) is 0 Å². The van der Waals surface area contributed by atoms with Crippen LogP contribution in [-0.2, 0) is 4.74 Å². The zero-order valence-corrected chi connectivity index (χ0v) is 10.3. The van der Waals surface area contributed by atoms with Crippen molar-refractivity contribution in [1.29, 1.82) is 0 Å². The Labute approximate surface area is 101 Å². The highest BCUT2D eigenvalue weighted by atomic mass is 35.5. The van der Waals surface area contributed by atoms with Crippen molar-refractivity contribution in [2.75, 3.05) is 7.11 Å². The fraction of sp³-hybridized carbons (Fsp3) is 0.182. The molecule has 0 aliphatic carbocycles. The molecule has 0 saturated carbocycles. The third kappa shape index (κ3) is 1.64. The van der Waals surface area contributed by atoms with Crippen LogP contribution in [-0.4, -0.2) is 18.2 Å². The number of methoxy groups -OCH3 is 1. The lowest BCUT2D eigenvalue weighted by atomic mass is 10.1. The molecule has 1 heterocycles. The number of hydrogen-bond acceptors (Lipinski definition) is 4. The minimum Gasteiger partial charge on any atom is -0.508 e. The summed E-state index contributed by atoms with van der Waals surface area (Å²) in [6, 6.07) is 3.20. The van der Waals surface area contributed by atoms with Gasteiger partial charge in [0.1, 0.15) is 10.6 Å². The molecule has 0 atom stereocenters. The fourth-order valence-corrected chi connectivity index (χ4v) is 3.21. The first-order chi connectivity index (χ1) is 7.54. The van der Waals surface area contributed by atoms with Gasteiger partial charge in [-0.25, -0.2) is 4.79 Å². The molecule has 5 heteroatoms. The number of halogens is 1. The van der Waals surface area contributed by atoms with Gasteiger partial charge in [0.2, 0.25) is 0 Å². The summed E-state index contributed by atoms with van der Waals surface area (Å²) in [5, 5.41) is 10.6. The van der Waals surface area contributed by atoms with Crippen molar-refractivity contribution in [3.05, 3.63) is 27.6 Å². The monoisotopic (exact) mass is 256 g/mol. The van der Waals surface area contributed by atoms with E-state index >= 15 is 0 Å². The molecule has 0 amide bonds. The third-order valence-electron chi connectivity index (χ3n) is 2.29. The van der Waals surface area contributed by atoms with Crippen molar-refractivity contribution in [1.82, 2.24) is 0 Å². The highest BCUT2D eigenvalue weighted by Crippen LogP contribution is 2.39. The number of phenols is 1. The molecule has 1 N–H and O–H groups in total. The van der Waals surface area contributed by atoms with Gasteiger partial charge in [-0.3, -0.25) is 0 Å². The van der Waals surface area contributed by atoms with E-state index < -0.39 is 5.97 Å². The maximum Gasteiger partial charge on any atom is 0.349 e. The summed E-state index contributed by atoms with van der Waals surface area (Å²) in [4.78, 5) is 11.8. The average molecular weight is 257 g/mol. The molecule has 0 spiro atoms. The van der Waals surface area contributed by atoms with Crippen LogP contribution in [0.1, 0.15) is 15.2 Å². The van der Waals surface area contributed by atoms with Gasteiger partial charge in [0.15, 0.2) is 0 Å². The third-order valence-corrected chi connectivity index (χ3v) is 3.89. The van der Waals surface area contributed by atoms with Crippen molar-refractivity contribution in [2.24, 2.45) is 0 Å². The fourth-order valence-electron chi connectivity index (χ4n) is 1.59. The number of carbonyl (C=O) groups excluding carboxylic acids is 1. The van der Waals surface area contributed by atoms with Crippen LogP contribution in [0.15, 0.2) is 12.1 Å². The highest BCUT2D eigenvalue weighted by Gasteiger charge is 2.19. The summed E-state index contributed by atoms with van der Waals surface area (Å²) in [6.07, 6.45) is 0. The number of benzene rings is 1. The van der Waals surface area contributed by atoms with Gasteiger partial charge in [0, 0.05) is 10.1 Å². The Kier molecular flexibility index (Phi) is 2.78. The first kappa shape index (κ1) is 11.2. The molecule has 16 heavy (non-hydrogen) atoms. The second-order valence-corrected chi connectivity index (χ2v) is 4.80. The van der Waals surface area contributed by atoms with E-state index in [9.17, 15) is 9.90 Å². The van der Waals surface area contributed by atoms with Crippen molar-refractivity contribution >= 4 is 39.0 Å². The number of ether oxygens (including phenoxy) is 1. The lowest BCUT2D eigenvalue weighted by molar-refractivity contribution is 0.0606. The Morgan fingerprint density at radius 3 is 2.81 bits per heavy atom. The second kappa shape index (κ2) is 3.96. The molecule has 1 aromatic carbocycles. The van der Waals surface area contributed by atoms with E-state index in [1.807, 2.05) is 6.92 Å². The Morgan fingerprint density at radius 1 is 1.50 bits per heavy atom. The summed E-state index contributed by atoms with van der Waals surface area (Å²) < 4.78 is 5.42. The first-order valence-corrected chi connectivity index (χ1v) is 5.74. The lowest BCUT2D eigenvalue weighted by Gasteiger charge is -1.98. The molecular weight excluding hydrogens is 248 g/mol. The minimum atomic E-state index is -0.454. The summed E-state index contributed by atoms with van der Waals surface area (Å²) in [5.41, 5.74) is 0.839. The molecular formula is C11H9ClO3S. The largest absolute Gasteiger partial charge is 0.508 e. The number of phenolic OH excluding ortho intramolecular Hbond substituents is 1. The maximum atomic E-state index is 11.4. The standard InChI is InChI=1S/C11H9ClO3S/c1-5-3-6(13)4-7-8(5)9(12)10(16-7)11(14)15-2/h3-4,13H,1-2H3. The minimum absolute atomic E-state index is 0.166. The molecule has 0 saturated heterocycles. The van der Waals surface area contributed by atoms with E-state index in [1.54, 1.807) is 12.1 Å². The van der Waals surface area contributed by atoms with Gasteiger partial charge >= 0.3 is 5.97 Å². The number of aromatic hydroxyl groups is 1. The van der Waals surface area contributed by atoms with Crippen LogP contribution >= 0.6 is 22.9 Å². The maximum absolute atomic E-state index is 11.4. The molecule has 2 rings (SSSR count). The normalized spacial score (nSPS) is 10.7. The summed E-state index contributed by atoms with van der Waals surface area (Å²) in [5.74, 6) is -0.288. The van der Waals surface area contributed by atoms with Crippen molar-refractivity contribution in [2.45, 2.75) is 6.92 Å². The van der Waals surface area contributed by atoms with Crippen LogP contribution in [0.2, 0.25) is 5.02 Å². The number of esters is 1. The molecule has 84 valence electrons. The smallest absolute Gasteiger partial charge is 0.349 e. The van der Waals surface area contributed by atoms with E-state index in [0.717, 1.165) is 15.6 Å². The predicted molar refractivity (Wildman–Crippen MR) is 64.6 cm³/mol. The molecule has 0 unspecified atom stereocenters. The van der Waals surface area contributed by atoms with Crippen molar-refractivity contribution < 1.29 is 14.6 Å². The molecule has 3 nitrogen and oxygen atoms in total. The number of thiophene rings is 1. The SMILES string of the molecule is COC(=O)c1sc2cc(O)cc(C)c2c1Cl. The van der Waals surface area contributed by atoms with Crippen LogP contribution in [0.4, 0.5) is 0 Å². The van der Waals surface area contributed by atoms with Gasteiger partial charge in [-0.2, -0.15) is 0 Å². The first-order valence-electron chi connectivity index (χ1n) is 4.54. The zero-order chi connectivity index (χ0) is 11.9. The molecule has 0 aliphatic heterocycles. The van der Waals surface area contributed by atoms with Gasteiger partial charge in [-0.05, 0) is 24.6 Å². The summed E-state index contributed by atoms with van der Waals surface area (Å²) >= 11 is 7.33. The van der Waals surface area contributed by atoms with Crippen molar-refractivity contribution in [3.8, 4) is 5.75 Å². The molecule has 0 fully saturated rings. The van der Waals surface area contributed by atoms with Gasteiger partial charge in [0.05, 0.1) is 12.1 Å². The van der Waals surface area contributed by atoms with Crippen LogP contribution in [0.5, 0.6) is 5.75 Å². The highest BCUT2D eigenvalue weighted by molar-refractivity contribution is 7.21. The molecule has 2 aromatic rings. The van der Waals surface area contributed by atoms with Crippen molar-refractivity contribution in [3.63, 3.8) is 0 Å². The van der Waals surface area contributed by atoms with E-state index in [2.05, 4.69) is 4.74 Å². The number of hydrogen-bond donors (Lipinski definition) is 1. The van der Waals surface area contributed by atoms with E-state index in [-0.39, 0.29) is 5.75 Å². The number of fused-ring (bicyclic) bond motifs is 1. The van der Waals surface area contributed by atoms with Crippen LogP contribution in [0, 0.1) is 6.92 Å². The van der Waals surface area contributed by atoms with E-state index in [0.29, 0.717) is 9.90 Å². The Bertz CT molecular complexity index is 574. The van der Waals surface area contributed by atoms with Crippen LogP contribution in [0.3, 0.4) is 0 Å². The number of aryl methyl sites for hydroxylation is 1. The zero-order valence-electron chi connectivity index (χ0n) is 8.70. The van der Waals surface area contributed by atoms with Gasteiger partial charge < -0.3 is 9.84 Å². The molecule has 1 aromatic heterocycles. The Balaban J connectivity index is 2.78. The lowest BCUT2D eigenvalue weighted by Crippen LogP contribution is -1.98. The van der Waals surface area contributed by atoms with Gasteiger partial charge in [-0.1, -0.05) is 11.6 Å². The predicted octanol–water partition coefficient (Wildman–Crippen LogP) is 3.36. The summed E-state index contributed by atoms with van der Waals surface area (Å²) in [6.45, 7) is 1.84. The quantitative estimate of drug-likeness (QED) is 0.796. The van der Waals surface area contributed by atoms with Crippen LogP contribution < -0.4 is 0 Å². The second-order valence-electron chi connectivity index (χ2n) is 3.37. The average Bonchev–Trinajstić information content (AvgIpc) is 2.54. The molecule has 0 radical (unpaired) electrons. The Morgan fingerprint density at radius 2 is 2.19 bits per heavy atom. The Hall–Kier alpha value is -1.26. The van der Waals surface area contributed by atoms with Crippen LogP contribution in [0.25, 0.3) is 10.1 Å². The number of rotatable bonds is 1. The molecule has 0 aliphatic rings. The van der Waals surface area contributed by atoms with E-state index in [1.165, 1.54) is 18.4 Å². The summed E-state index contributed by atoms with van der Waals surface area (Å²) in [7, 11) is 1.31. The van der Waals surface area contributed by atoms with Gasteiger partial charge in [-0.15, -0.1) is 11.3 Å².